The number of rotatable bonds is 7. The van der Waals surface area contributed by atoms with Gasteiger partial charge in [-0.15, -0.1) is 0 Å². The van der Waals surface area contributed by atoms with Crippen LogP contribution in [0.15, 0.2) is 66.3 Å². The third kappa shape index (κ3) is 4.97. The van der Waals surface area contributed by atoms with Crippen LogP contribution in [0.4, 0.5) is 15.8 Å². The van der Waals surface area contributed by atoms with Crippen molar-refractivity contribution in [1.29, 1.82) is 5.41 Å². The molecule has 1 atom stereocenters. The highest BCUT2D eigenvalue weighted by atomic mass is 19.1. The van der Waals surface area contributed by atoms with Crippen molar-refractivity contribution >= 4 is 23.0 Å². The second kappa shape index (κ2) is 9.30. The maximum Gasteiger partial charge on any atom is 0.231 e. The number of carbonyl (C=O) groups excluding carboxylic acids is 1. The minimum atomic E-state index is -0.422. The molecule has 0 heterocycles. The van der Waals surface area contributed by atoms with Crippen LogP contribution in [0.5, 0.6) is 0 Å². The maximum atomic E-state index is 13.5. The number of halogens is 1. The monoisotopic (exact) mass is 392 g/mol. The van der Waals surface area contributed by atoms with Crippen molar-refractivity contribution in [2.75, 3.05) is 17.6 Å². The Bertz CT molecular complexity index is 981. The van der Waals surface area contributed by atoms with Gasteiger partial charge < -0.3 is 16.8 Å². The summed E-state index contributed by atoms with van der Waals surface area (Å²) >= 11 is 0. The normalized spacial score (nSPS) is 14.2. The van der Waals surface area contributed by atoms with Crippen LogP contribution in [0.3, 0.4) is 0 Å². The summed E-state index contributed by atoms with van der Waals surface area (Å²) in [7, 11) is 0. The molecule has 150 valence electrons. The topological polar surface area (TPSA) is 105 Å². The fraction of sp³-hybridized carbons (Fsp3) is 0.217. The molecule has 0 radical (unpaired) electrons. The molecule has 5 nitrogen and oxygen atoms in total. The Kier molecular flexibility index (Phi) is 6.57. The number of carbonyl (C=O) groups is 1. The molecule has 29 heavy (non-hydrogen) atoms. The number of hydrogen-bond acceptors (Lipinski definition) is 4. The van der Waals surface area contributed by atoms with E-state index in [9.17, 15) is 9.18 Å². The summed E-state index contributed by atoms with van der Waals surface area (Å²) in [5.74, 6) is -0.907. The largest absolute Gasteiger partial charge is 0.398 e. The van der Waals surface area contributed by atoms with Gasteiger partial charge in [0.25, 0.3) is 0 Å². The fourth-order valence-corrected chi connectivity index (χ4v) is 3.39. The van der Waals surface area contributed by atoms with Crippen molar-refractivity contribution < 1.29 is 9.18 Å². The summed E-state index contributed by atoms with van der Waals surface area (Å²) in [6, 6.07) is 10.8. The molecule has 0 aliphatic heterocycles. The van der Waals surface area contributed by atoms with Crippen LogP contribution in [0, 0.1) is 17.1 Å². The van der Waals surface area contributed by atoms with Crippen LogP contribution >= 0.6 is 0 Å². The molecular formula is C23H25FN4O. The quantitative estimate of drug-likeness (QED) is 0.423. The molecule has 6 N–H and O–H groups in total. The van der Waals surface area contributed by atoms with Gasteiger partial charge in [-0.2, -0.15) is 0 Å². The Morgan fingerprint density at radius 1 is 1.21 bits per heavy atom. The predicted molar refractivity (Wildman–Crippen MR) is 115 cm³/mol. The van der Waals surface area contributed by atoms with Crippen molar-refractivity contribution in [3.05, 3.63) is 83.2 Å². The average molecular weight is 392 g/mol. The second-order valence-corrected chi connectivity index (χ2v) is 6.99. The van der Waals surface area contributed by atoms with Gasteiger partial charge in [0.15, 0.2) is 0 Å². The lowest BCUT2D eigenvalue weighted by atomic mass is 9.90. The van der Waals surface area contributed by atoms with E-state index in [-0.39, 0.29) is 17.5 Å². The Hall–Kier alpha value is -3.25. The molecule has 6 heteroatoms. The first-order chi connectivity index (χ1) is 14.0. The highest BCUT2D eigenvalue weighted by Crippen LogP contribution is 2.25. The zero-order chi connectivity index (χ0) is 20.8. The zero-order valence-corrected chi connectivity index (χ0v) is 16.1. The third-order valence-electron chi connectivity index (χ3n) is 4.90. The van der Waals surface area contributed by atoms with Gasteiger partial charge in [0.1, 0.15) is 5.82 Å². The van der Waals surface area contributed by atoms with E-state index in [1.54, 1.807) is 30.3 Å². The van der Waals surface area contributed by atoms with Crippen molar-refractivity contribution in [2.45, 2.75) is 19.3 Å². The van der Waals surface area contributed by atoms with E-state index in [0.717, 1.165) is 18.4 Å². The SMILES string of the molecule is N=C(c1cccc(F)c1)c1cc(NC(=O)C(CCN)C2=CCCC=C2)ccc1N. The van der Waals surface area contributed by atoms with Gasteiger partial charge in [-0.3, -0.25) is 10.2 Å². The highest BCUT2D eigenvalue weighted by Gasteiger charge is 2.22. The molecule has 0 bridgehead atoms. The second-order valence-electron chi connectivity index (χ2n) is 6.99. The fourth-order valence-electron chi connectivity index (χ4n) is 3.39. The number of nitrogens with two attached hydrogens (primary N) is 2. The van der Waals surface area contributed by atoms with Gasteiger partial charge in [-0.25, -0.2) is 4.39 Å². The lowest BCUT2D eigenvalue weighted by Gasteiger charge is -2.20. The molecule has 1 amide bonds. The standard InChI is InChI=1S/C23H25FN4O/c24-17-8-4-7-16(13-17)22(27)20-14-18(9-10-21(20)26)28-23(29)19(11-12-25)15-5-2-1-3-6-15/h2,4-10,13-14,19,27H,1,3,11-12,25-26H2,(H,28,29). The lowest BCUT2D eigenvalue weighted by molar-refractivity contribution is -0.118. The van der Waals surface area contributed by atoms with Gasteiger partial charge in [0, 0.05) is 22.5 Å². The van der Waals surface area contributed by atoms with Gasteiger partial charge in [0.05, 0.1) is 11.6 Å². The molecule has 2 aromatic carbocycles. The Morgan fingerprint density at radius 3 is 2.72 bits per heavy atom. The summed E-state index contributed by atoms with van der Waals surface area (Å²) < 4.78 is 13.5. The van der Waals surface area contributed by atoms with Crippen LogP contribution in [0.25, 0.3) is 0 Å². The predicted octanol–water partition coefficient (Wildman–Crippen LogP) is 4.00. The van der Waals surface area contributed by atoms with E-state index in [1.807, 2.05) is 6.08 Å². The molecule has 2 aromatic rings. The number of nitrogens with one attached hydrogen (secondary N) is 2. The zero-order valence-electron chi connectivity index (χ0n) is 16.1. The first-order valence-electron chi connectivity index (χ1n) is 9.61. The minimum Gasteiger partial charge on any atom is -0.398 e. The van der Waals surface area contributed by atoms with E-state index in [1.165, 1.54) is 12.1 Å². The highest BCUT2D eigenvalue weighted by molar-refractivity contribution is 6.14. The Balaban J connectivity index is 1.83. The first kappa shape index (κ1) is 20.5. The number of nitrogen functional groups attached to an aromatic ring is 1. The molecule has 1 unspecified atom stereocenters. The lowest BCUT2D eigenvalue weighted by Crippen LogP contribution is -2.27. The van der Waals surface area contributed by atoms with Crippen LogP contribution in [0.1, 0.15) is 30.4 Å². The smallest absolute Gasteiger partial charge is 0.231 e. The van der Waals surface area contributed by atoms with Gasteiger partial charge in [-0.05, 0) is 61.7 Å². The average Bonchev–Trinajstić information content (AvgIpc) is 2.73. The molecular weight excluding hydrogens is 367 g/mol. The summed E-state index contributed by atoms with van der Waals surface area (Å²) in [6.07, 6.45) is 8.56. The van der Waals surface area contributed by atoms with Crippen LogP contribution in [-0.2, 0) is 4.79 Å². The van der Waals surface area contributed by atoms with E-state index < -0.39 is 5.82 Å². The van der Waals surface area contributed by atoms with E-state index in [0.29, 0.717) is 35.5 Å². The molecule has 0 fully saturated rings. The maximum absolute atomic E-state index is 13.5. The Labute approximate surface area is 169 Å². The first-order valence-corrected chi connectivity index (χ1v) is 9.61. The third-order valence-corrected chi connectivity index (χ3v) is 4.90. The molecule has 0 aromatic heterocycles. The minimum absolute atomic E-state index is 0.0922. The van der Waals surface area contributed by atoms with E-state index >= 15 is 0 Å². The number of amides is 1. The van der Waals surface area contributed by atoms with Crippen molar-refractivity contribution in [3.63, 3.8) is 0 Å². The van der Waals surface area contributed by atoms with Crippen LogP contribution in [0.2, 0.25) is 0 Å². The van der Waals surface area contributed by atoms with Crippen molar-refractivity contribution in [3.8, 4) is 0 Å². The van der Waals surface area contributed by atoms with Crippen LogP contribution < -0.4 is 16.8 Å². The van der Waals surface area contributed by atoms with Crippen LogP contribution in [-0.4, -0.2) is 18.2 Å². The van der Waals surface area contributed by atoms with Gasteiger partial charge >= 0.3 is 0 Å². The van der Waals surface area contributed by atoms with Crippen molar-refractivity contribution in [2.24, 2.45) is 11.7 Å². The number of allylic oxidation sites excluding steroid dienone is 3. The summed E-state index contributed by atoms with van der Waals surface area (Å²) in [4.78, 5) is 12.9. The van der Waals surface area contributed by atoms with E-state index in [4.69, 9.17) is 16.9 Å². The Morgan fingerprint density at radius 2 is 2.03 bits per heavy atom. The van der Waals surface area contributed by atoms with Crippen molar-refractivity contribution in [1.82, 2.24) is 0 Å². The summed E-state index contributed by atoms with van der Waals surface area (Å²) in [5.41, 5.74) is 14.6. The number of hydrogen-bond donors (Lipinski definition) is 4. The van der Waals surface area contributed by atoms with E-state index in [2.05, 4.69) is 17.5 Å². The summed E-state index contributed by atoms with van der Waals surface area (Å²) in [6.45, 7) is 0.403. The molecule has 0 saturated carbocycles. The van der Waals surface area contributed by atoms with Gasteiger partial charge in [-0.1, -0.05) is 30.4 Å². The van der Waals surface area contributed by atoms with Gasteiger partial charge in [0.2, 0.25) is 5.91 Å². The summed E-state index contributed by atoms with van der Waals surface area (Å²) in [5, 5.41) is 11.3. The number of anilines is 2. The molecule has 0 saturated heterocycles. The molecule has 3 rings (SSSR count). The molecule has 1 aliphatic carbocycles. The molecule has 0 spiro atoms. The molecule has 1 aliphatic rings. The number of benzene rings is 2.